The molecule has 0 aliphatic heterocycles. The second-order valence-electron chi connectivity index (χ2n) is 3.83. The fourth-order valence-corrected chi connectivity index (χ4v) is 2.30. The van der Waals surface area contributed by atoms with Crippen LogP contribution in [0.5, 0.6) is 11.5 Å². The second-order valence-corrected chi connectivity index (χ2v) is 4.69. The summed E-state index contributed by atoms with van der Waals surface area (Å²) < 4.78 is 11.4. The minimum atomic E-state index is 0.673. The van der Waals surface area contributed by atoms with Gasteiger partial charge in [-0.3, -0.25) is 4.99 Å². The molecule has 0 saturated heterocycles. The van der Waals surface area contributed by atoms with E-state index in [2.05, 4.69) is 20.9 Å². The lowest BCUT2D eigenvalue weighted by Gasteiger charge is -2.10. The van der Waals surface area contributed by atoms with Gasteiger partial charge in [-0.15, -0.1) is 0 Å². The number of hydrogen-bond acceptors (Lipinski definition) is 3. The number of nitrogens with zero attached hydrogens (tertiary/aromatic N) is 1. The van der Waals surface area contributed by atoms with Gasteiger partial charge < -0.3 is 9.47 Å². The van der Waals surface area contributed by atoms with Crippen LogP contribution in [-0.4, -0.2) is 20.4 Å². The van der Waals surface area contributed by atoms with Crippen molar-refractivity contribution in [3.8, 4) is 11.5 Å². The van der Waals surface area contributed by atoms with E-state index in [0.29, 0.717) is 11.5 Å². The molecule has 2 rings (SSSR count). The molecule has 0 aliphatic rings. The van der Waals surface area contributed by atoms with Crippen molar-refractivity contribution in [3.63, 3.8) is 0 Å². The number of hydrogen-bond donors (Lipinski definition) is 0. The van der Waals surface area contributed by atoms with Gasteiger partial charge >= 0.3 is 0 Å². The van der Waals surface area contributed by atoms with Crippen molar-refractivity contribution < 1.29 is 9.47 Å². The summed E-state index contributed by atoms with van der Waals surface area (Å²) in [6, 6.07) is 13.6. The molecule has 0 fully saturated rings. The van der Waals surface area contributed by atoms with Gasteiger partial charge in [0, 0.05) is 6.21 Å². The van der Waals surface area contributed by atoms with Gasteiger partial charge in [-0.05, 0) is 45.8 Å². The highest BCUT2D eigenvalue weighted by molar-refractivity contribution is 9.10. The average Bonchev–Trinajstić information content (AvgIpc) is 2.45. The minimum Gasteiger partial charge on any atom is -0.493 e. The van der Waals surface area contributed by atoms with Gasteiger partial charge in [0.15, 0.2) is 11.5 Å². The number of halogens is 1. The van der Waals surface area contributed by atoms with Crippen molar-refractivity contribution in [2.75, 3.05) is 14.2 Å². The van der Waals surface area contributed by atoms with Crippen molar-refractivity contribution in [2.24, 2.45) is 4.99 Å². The van der Waals surface area contributed by atoms with Gasteiger partial charge in [-0.2, -0.15) is 0 Å². The third kappa shape index (κ3) is 3.35. The molecule has 98 valence electrons. The maximum atomic E-state index is 5.29. The molecule has 0 amide bonds. The lowest BCUT2D eigenvalue weighted by Crippen LogP contribution is -1.93. The molecule has 4 heteroatoms. The highest BCUT2D eigenvalue weighted by atomic mass is 79.9. The SMILES string of the molecule is COc1cc(C=Nc2ccccc2)cc(Br)c1OC. The molecule has 0 unspecified atom stereocenters. The first-order valence-electron chi connectivity index (χ1n) is 5.75. The molecule has 19 heavy (non-hydrogen) atoms. The Bertz CT molecular complexity index is 582. The Hall–Kier alpha value is -1.81. The van der Waals surface area contributed by atoms with Crippen LogP contribution >= 0.6 is 15.9 Å². The normalized spacial score (nSPS) is 10.7. The summed E-state index contributed by atoms with van der Waals surface area (Å²) in [6.07, 6.45) is 1.79. The average molecular weight is 320 g/mol. The van der Waals surface area contributed by atoms with Crippen LogP contribution in [0.2, 0.25) is 0 Å². The first kappa shape index (κ1) is 13.6. The zero-order valence-corrected chi connectivity index (χ0v) is 12.3. The van der Waals surface area contributed by atoms with Crippen LogP contribution < -0.4 is 9.47 Å². The van der Waals surface area contributed by atoms with Crippen LogP contribution in [-0.2, 0) is 0 Å². The summed E-state index contributed by atoms with van der Waals surface area (Å²) in [5.41, 5.74) is 1.85. The molecule has 2 aromatic rings. The fraction of sp³-hybridized carbons (Fsp3) is 0.133. The van der Waals surface area contributed by atoms with E-state index >= 15 is 0 Å². The van der Waals surface area contributed by atoms with Crippen molar-refractivity contribution >= 4 is 27.8 Å². The van der Waals surface area contributed by atoms with Crippen molar-refractivity contribution in [2.45, 2.75) is 0 Å². The zero-order chi connectivity index (χ0) is 13.7. The van der Waals surface area contributed by atoms with E-state index < -0.39 is 0 Å². The molecule has 0 radical (unpaired) electrons. The summed E-state index contributed by atoms with van der Waals surface area (Å²) in [6.45, 7) is 0. The number of rotatable bonds is 4. The Morgan fingerprint density at radius 1 is 1.05 bits per heavy atom. The predicted molar refractivity (Wildman–Crippen MR) is 80.9 cm³/mol. The van der Waals surface area contributed by atoms with Gasteiger partial charge in [0.2, 0.25) is 0 Å². The van der Waals surface area contributed by atoms with Crippen LogP contribution in [0.1, 0.15) is 5.56 Å². The third-order valence-corrected chi connectivity index (χ3v) is 3.16. The molecule has 0 aromatic heterocycles. The van der Waals surface area contributed by atoms with Crippen LogP contribution in [0.4, 0.5) is 5.69 Å². The lowest BCUT2D eigenvalue weighted by molar-refractivity contribution is 0.353. The van der Waals surface area contributed by atoms with E-state index in [-0.39, 0.29) is 0 Å². The van der Waals surface area contributed by atoms with Gasteiger partial charge in [0.1, 0.15) is 0 Å². The smallest absolute Gasteiger partial charge is 0.174 e. The first-order valence-corrected chi connectivity index (χ1v) is 6.54. The molecule has 0 bridgehead atoms. The van der Waals surface area contributed by atoms with Gasteiger partial charge in [0.05, 0.1) is 24.4 Å². The molecule has 0 N–H and O–H groups in total. The molecule has 0 aliphatic carbocycles. The Morgan fingerprint density at radius 3 is 2.42 bits per heavy atom. The van der Waals surface area contributed by atoms with Gasteiger partial charge in [-0.1, -0.05) is 18.2 Å². The van der Waals surface area contributed by atoms with Crippen LogP contribution in [0.15, 0.2) is 51.9 Å². The summed E-state index contributed by atoms with van der Waals surface area (Å²) in [5, 5.41) is 0. The largest absolute Gasteiger partial charge is 0.493 e. The van der Waals surface area contributed by atoms with E-state index in [9.17, 15) is 0 Å². The molecule has 3 nitrogen and oxygen atoms in total. The van der Waals surface area contributed by atoms with Crippen LogP contribution in [0.3, 0.4) is 0 Å². The zero-order valence-electron chi connectivity index (χ0n) is 10.8. The Labute approximate surface area is 121 Å². The molecule has 0 heterocycles. The molecular formula is C15H14BrNO2. The highest BCUT2D eigenvalue weighted by Crippen LogP contribution is 2.35. The van der Waals surface area contributed by atoms with E-state index in [0.717, 1.165) is 15.7 Å². The summed E-state index contributed by atoms with van der Waals surface area (Å²) >= 11 is 3.46. The number of ether oxygens (including phenoxy) is 2. The lowest BCUT2D eigenvalue weighted by atomic mass is 10.2. The van der Waals surface area contributed by atoms with Crippen molar-refractivity contribution in [1.82, 2.24) is 0 Å². The topological polar surface area (TPSA) is 30.8 Å². The molecule has 0 atom stereocenters. The summed E-state index contributed by atoms with van der Waals surface area (Å²) in [5.74, 6) is 1.35. The molecule has 0 spiro atoms. The second kappa shape index (κ2) is 6.38. The Balaban J connectivity index is 2.31. The Morgan fingerprint density at radius 2 is 1.79 bits per heavy atom. The van der Waals surface area contributed by atoms with E-state index in [1.54, 1.807) is 20.4 Å². The maximum Gasteiger partial charge on any atom is 0.174 e. The molecular weight excluding hydrogens is 306 g/mol. The summed E-state index contributed by atoms with van der Waals surface area (Å²) in [4.78, 5) is 4.41. The number of aliphatic imine (C=N–C) groups is 1. The van der Waals surface area contributed by atoms with Crippen molar-refractivity contribution in [1.29, 1.82) is 0 Å². The maximum absolute atomic E-state index is 5.29. The molecule has 2 aromatic carbocycles. The number of benzene rings is 2. The van der Waals surface area contributed by atoms with E-state index in [4.69, 9.17) is 9.47 Å². The third-order valence-electron chi connectivity index (χ3n) is 2.57. The first-order chi connectivity index (χ1) is 9.24. The van der Waals surface area contributed by atoms with E-state index in [1.165, 1.54) is 0 Å². The van der Waals surface area contributed by atoms with Crippen LogP contribution in [0, 0.1) is 0 Å². The highest BCUT2D eigenvalue weighted by Gasteiger charge is 2.09. The summed E-state index contributed by atoms with van der Waals surface area (Å²) in [7, 11) is 3.22. The minimum absolute atomic E-state index is 0.673. The quantitative estimate of drug-likeness (QED) is 0.790. The van der Waals surface area contributed by atoms with Gasteiger partial charge in [0.25, 0.3) is 0 Å². The standard InChI is InChI=1S/C15H14BrNO2/c1-18-14-9-11(8-13(16)15(14)19-2)10-17-12-6-4-3-5-7-12/h3-10H,1-2H3. The van der Waals surface area contributed by atoms with E-state index in [1.807, 2.05) is 42.5 Å². The number of methoxy groups -OCH3 is 2. The predicted octanol–water partition coefficient (Wildman–Crippen LogP) is 4.22. The fourth-order valence-electron chi connectivity index (χ4n) is 1.68. The number of para-hydroxylation sites is 1. The Kier molecular flexibility index (Phi) is 4.58. The van der Waals surface area contributed by atoms with Crippen LogP contribution in [0.25, 0.3) is 0 Å². The molecule has 0 saturated carbocycles. The monoisotopic (exact) mass is 319 g/mol. The van der Waals surface area contributed by atoms with Crippen molar-refractivity contribution in [3.05, 3.63) is 52.5 Å². The van der Waals surface area contributed by atoms with Gasteiger partial charge in [-0.25, -0.2) is 0 Å².